The molecule has 1 aliphatic carbocycles. The summed E-state index contributed by atoms with van der Waals surface area (Å²) in [6.07, 6.45) is -3.92. The summed E-state index contributed by atoms with van der Waals surface area (Å²) < 4.78 is 62.7. The first-order chi connectivity index (χ1) is 16.3. The lowest BCUT2D eigenvalue weighted by atomic mass is 9.97. The second-order valence-electron chi connectivity index (χ2n) is 9.53. The standard InChI is InChI=1S/C25H23F4N3O3/c1-23(2,26)11-18(22(34)32-24(13-30)7-8-24)31-21(25(27,28)29)15-4-5-16-17-9-14(12-33)3-6-19(17)35-20(16)10-15/h3-6,9-10,12,18,21,31H,7-8,11H2,1-2H3,(H,32,34). The zero-order valence-electron chi connectivity index (χ0n) is 19.0. The van der Waals surface area contributed by atoms with Crippen LogP contribution in [0.5, 0.6) is 0 Å². The van der Waals surface area contributed by atoms with Crippen LogP contribution >= 0.6 is 0 Å². The van der Waals surface area contributed by atoms with E-state index in [2.05, 4.69) is 10.6 Å². The minimum atomic E-state index is -4.82. The van der Waals surface area contributed by atoms with Crippen LogP contribution in [0.1, 0.15) is 55.1 Å². The Hall–Kier alpha value is -3.45. The Morgan fingerprint density at radius 1 is 1.14 bits per heavy atom. The number of hydrogen-bond donors (Lipinski definition) is 2. The number of aldehydes is 1. The third-order valence-electron chi connectivity index (χ3n) is 6.02. The highest BCUT2D eigenvalue weighted by atomic mass is 19.4. The summed E-state index contributed by atoms with van der Waals surface area (Å²) in [4.78, 5) is 23.9. The largest absolute Gasteiger partial charge is 0.456 e. The average molecular weight is 489 g/mol. The second kappa shape index (κ2) is 8.64. The molecule has 1 heterocycles. The fourth-order valence-electron chi connectivity index (χ4n) is 4.07. The molecular weight excluding hydrogens is 466 g/mol. The van der Waals surface area contributed by atoms with Crippen molar-refractivity contribution < 1.29 is 31.6 Å². The predicted octanol–water partition coefficient (Wildman–Crippen LogP) is 5.27. The molecule has 0 saturated heterocycles. The van der Waals surface area contributed by atoms with Crippen molar-refractivity contribution in [2.45, 2.75) is 62.6 Å². The summed E-state index contributed by atoms with van der Waals surface area (Å²) in [6.45, 7) is 2.34. The summed E-state index contributed by atoms with van der Waals surface area (Å²) in [5, 5.41) is 15.1. The van der Waals surface area contributed by atoms with Gasteiger partial charge in [0.15, 0.2) is 0 Å². The van der Waals surface area contributed by atoms with Crippen LogP contribution in [0.15, 0.2) is 40.8 Å². The highest BCUT2D eigenvalue weighted by Crippen LogP contribution is 2.38. The zero-order chi connectivity index (χ0) is 25.6. The van der Waals surface area contributed by atoms with Crippen molar-refractivity contribution in [3.05, 3.63) is 47.5 Å². The van der Waals surface area contributed by atoms with Crippen molar-refractivity contribution in [2.24, 2.45) is 0 Å². The lowest BCUT2D eigenvalue weighted by Crippen LogP contribution is -2.53. The van der Waals surface area contributed by atoms with E-state index in [9.17, 15) is 32.4 Å². The second-order valence-corrected chi connectivity index (χ2v) is 9.53. The van der Waals surface area contributed by atoms with Crippen LogP contribution in [0.25, 0.3) is 21.9 Å². The van der Waals surface area contributed by atoms with Crippen LogP contribution in [-0.4, -0.2) is 35.6 Å². The number of halogens is 4. The Morgan fingerprint density at radius 3 is 2.43 bits per heavy atom. The molecule has 1 amide bonds. The van der Waals surface area contributed by atoms with Crippen LogP contribution in [0.2, 0.25) is 0 Å². The average Bonchev–Trinajstić information content (AvgIpc) is 3.45. The number of nitrogens with one attached hydrogen (secondary N) is 2. The topological polar surface area (TPSA) is 95.1 Å². The van der Waals surface area contributed by atoms with E-state index in [1.54, 1.807) is 12.1 Å². The van der Waals surface area contributed by atoms with Crippen LogP contribution in [0, 0.1) is 11.3 Å². The van der Waals surface area contributed by atoms with Crippen LogP contribution in [-0.2, 0) is 4.79 Å². The summed E-state index contributed by atoms with van der Waals surface area (Å²) in [7, 11) is 0. The van der Waals surface area contributed by atoms with Crippen molar-refractivity contribution in [3.8, 4) is 6.07 Å². The van der Waals surface area contributed by atoms with E-state index in [1.165, 1.54) is 38.1 Å². The maximum absolute atomic E-state index is 14.5. The number of hydrogen-bond acceptors (Lipinski definition) is 5. The molecule has 0 spiro atoms. The van der Waals surface area contributed by atoms with Gasteiger partial charge in [0.25, 0.3) is 0 Å². The van der Waals surface area contributed by atoms with E-state index < -0.39 is 41.8 Å². The van der Waals surface area contributed by atoms with Crippen LogP contribution in [0.3, 0.4) is 0 Å². The van der Waals surface area contributed by atoms with Gasteiger partial charge in [-0.15, -0.1) is 0 Å². The molecule has 35 heavy (non-hydrogen) atoms. The fourth-order valence-corrected chi connectivity index (χ4v) is 4.07. The van der Waals surface area contributed by atoms with Gasteiger partial charge in [-0.3, -0.25) is 14.9 Å². The number of rotatable bonds is 8. The van der Waals surface area contributed by atoms with E-state index in [-0.39, 0.29) is 11.1 Å². The quantitative estimate of drug-likeness (QED) is 0.332. The summed E-state index contributed by atoms with van der Waals surface area (Å²) >= 11 is 0. The number of alkyl halides is 4. The van der Waals surface area contributed by atoms with E-state index in [4.69, 9.17) is 4.42 Å². The SMILES string of the molecule is CC(C)(F)CC(NC(c1ccc2c(c1)oc1ccc(C=O)cc12)C(F)(F)F)C(=O)NC1(C#N)CC1. The predicted molar refractivity (Wildman–Crippen MR) is 120 cm³/mol. The van der Waals surface area contributed by atoms with Crippen LogP contribution in [0.4, 0.5) is 17.6 Å². The third-order valence-corrected chi connectivity index (χ3v) is 6.02. The minimum Gasteiger partial charge on any atom is -0.456 e. The molecule has 1 aliphatic rings. The molecule has 184 valence electrons. The Morgan fingerprint density at radius 2 is 1.86 bits per heavy atom. The molecule has 10 heteroatoms. The number of carbonyl (C=O) groups is 2. The summed E-state index contributed by atoms with van der Waals surface area (Å²) in [5.41, 5.74) is -2.32. The maximum atomic E-state index is 14.5. The van der Waals surface area contributed by atoms with Crippen LogP contribution < -0.4 is 10.6 Å². The Balaban J connectivity index is 1.70. The van der Waals surface area contributed by atoms with Gasteiger partial charge in [-0.25, -0.2) is 4.39 Å². The number of benzene rings is 2. The van der Waals surface area contributed by atoms with Crippen molar-refractivity contribution in [3.63, 3.8) is 0 Å². The van der Waals surface area contributed by atoms with Gasteiger partial charge in [0.1, 0.15) is 34.7 Å². The molecule has 0 bridgehead atoms. The van der Waals surface area contributed by atoms with Gasteiger partial charge in [0.2, 0.25) is 5.91 Å². The molecule has 1 fully saturated rings. The molecule has 2 atom stereocenters. The third kappa shape index (κ3) is 5.30. The van der Waals surface area contributed by atoms with Gasteiger partial charge in [0.05, 0.1) is 12.1 Å². The smallest absolute Gasteiger partial charge is 0.407 e. The first-order valence-electron chi connectivity index (χ1n) is 11.0. The molecule has 0 aliphatic heterocycles. The van der Waals surface area contributed by atoms with Gasteiger partial charge in [-0.2, -0.15) is 18.4 Å². The number of nitrogens with zero attached hydrogens (tertiary/aromatic N) is 1. The molecule has 2 N–H and O–H groups in total. The molecule has 3 aromatic rings. The zero-order valence-corrected chi connectivity index (χ0v) is 19.0. The van der Waals surface area contributed by atoms with E-state index >= 15 is 0 Å². The van der Waals surface area contributed by atoms with Gasteiger partial charge >= 0.3 is 6.18 Å². The number of furan rings is 1. The lowest BCUT2D eigenvalue weighted by molar-refractivity contribution is -0.161. The van der Waals surface area contributed by atoms with E-state index in [0.717, 1.165) is 0 Å². The highest BCUT2D eigenvalue weighted by molar-refractivity contribution is 6.06. The number of amides is 1. The molecule has 1 saturated carbocycles. The van der Waals surface area contributed by atoms with Crippen molar-refractivity contribution in [2.75, 3.05) is 0 Å². The van der Waals surface area contributed by atoms with E-state index in [0.29, 0.717) is 41.0 Å². The normalized spacial score (nSPS) is 17.1. The minimum absolute atomic E-state index is 0.171. The molecule has 1 aromatic heterocycles. The Kier molecular flexibility index (Phi) is 6.09. The molecular formula is C25H23F4N3O3. The summed E-state index contributed by atoms with van der Waals surface area (Å²) in [6, 6.07) is 6.70. The maximum Gasteiger partial charge on any atom is 0.407 e. The Bertz CT molecular complexity index is 1330. The molecule has 0 radical (unpaired) electrons. The number of fused-ring (bicyclic) bond motifs is 3. The molecule has 2 aromatic carbocycles. The highest BCUT2D eigenvalue weighted by Gasteiger charge is 2.48. The van der Waals surface area contributed by atoms with Gasteiger partial charge in [-0.1, -0.05) is 12.1 Å². The van der Waals surface area contributed by atoms with Crippen molar-refractivity contribution >= 4 is 34.1 Å². The van der Waals surface area contributed by atoms with Gasteiger partial charge in [0, 0.05) is 22.8 Å². The molecule has 6 nitrogen and oxygen atoms in total. The number of nitriles is 1. The van der Waals surface area contributed by atoms with Gasteiger partial charge in [-0.05, 0) is 56.5 Å². The lowest BCUT2D eigenvalue weighted by Gasteiger charge is -2.30. The van der Waals surface area contributed by atoms with Crippen molar-refractivity contribution in [1.82, 2.24) is 10.6 Å². The first kappa shape index (κ1) is 24.7. The molecule has 2 unspecified atom stereocenters. The fraction of sp³-hybridized carbons (Fsp3) is 0.400. The van der Waals surface area contributed by atoms with Gasteiger partial charge < -0.3 is 9.73 Å². The summed E-state index contributed by atoms with van der Waals surface area (Å²) in [5.74, 6) is -0.866. The molecule has 4 rings (SSSR count). The number of carbonyl (C=O) groups excluding carboxylic acids is 2. The monoisotopic (exact) mass is 489 g/mol. The van der Waals surface area contributed by atoms with E-state index in [1.807, 2.05) is 6.07 Å². The Labute approximate surface area is 198 Å². The van der Waals surface area contributed by atoms with Crippen molar-refractivity contribution in [1.29, 1.82) is 5.26 Å². The first-order valence-corrected chi connectivity index (χ1v) is 11.0.